The first-order valence-corrected chi connectivity index (χ1v) is 12.5. The third kappa shape index (κ3) is 6.06. The summed E-state index contributed by atoms with van der Waals surface area (Å²) in [4.78, 5) is 31.9. The lowest BCUT2D eigenvalue weighted by Crippen LogP contribution is -2.45. The predicted octanol–water partition coefficient (Wildman–Crippen LogP) is 4.12. The van der Waals surface area contributed by atoms with Crippen LogP contribution in [0.4, 0.5) is 5.69 Å². The van der Waals surface area contributed by atoms with E-state index in [0.29, 0.717) is 35.4 Å². The number of ether oxygens (including phenoxy) is 2. The van der Waals surface area contributed by atoms with Gasteiger partial charge < -0.3 is 19.7 Å². The molecule has 2 aromatic carbocycles. The second kappa shape index (κ2) is 10.7. The zero-order chi connectivity index (χ0) is 23.2. The van der Waals surface area contributed by atoms with Crippen molar-refractivity contribution in [1.82, 2.24) is 9.88 Å². The summed E-state index contributed by atoms with van der Waals surface area (Å²) in [6.45, 7) is 2.38. The first kappa shape index (κ1) is 23.1. The maximum absolute atomic E-state index is 12.9. The quantitative estimate of drug-likeness (QED) is 0.519. The smallest absolute Gasteiger partial charge is 0.248 e. The fourth-order valence-corrected chi connectivity index (χ4v) is 5.22. The molecule has 0 radical (unpaired) electrons. The molecule has 3 aromatic rings. The number of thioether (sulfide) groups is 1. The summed E-state index contributed by atoms with van der Waals surface area (Å²) in [6.07, 6.45) is 0.161. The van der Waals surface area contributed by atoms with Crippen molar-refractivity contribution in [3.8, 4) is 11.5 Å². The highest BCUT2D eigenvalue weighted by molar-refractivity contribution is 7.99. The number of amides is 2. The van der Waals surface area contributed by atoms with Gasteiger partial charge in [0.05, 0.1) is 25.1 Å². The van der Waals surface area contributed by atoms with Crippen molar-refractivity contribution in [3.63, 3.8) is 0 Å². The normalized spacial score (nSPS) is 15.3. The Balaban J connectivity index is 1.31. The lowest BCUT2D eigenvalue weighted by atomic mass is 10.2. The van der Waals surface area contributed by atoms with E-state index < -0.39 is 6.04 Å². The van der Waals surface area contributed by atoms with Crippen LogP contribution in [0.1, 0.15) is 16.3 Å². The van der Waals surface area contributed by atoms with Gasteiger partial charge in [0, 0.05) is 16.8 Å². The van der Waals surface area contributed by atoms with Crippen LogP contribution in [0.2, 0.25) is 0 Å². The molecule has 0 aliphatic carbocycles. The van der Waals surface area contributed by atoms with Crippen molar-refractivity contribution in [2.75, 3.05) is 24.1 Å². The van der Waals surface area contributed by atoms with Crippen LogP contribution in [-0.2, 0) is 22.6 Å². The van der Waals surface area contributed by atoms with E-state index in [1.165, 1.54) is 16.9 Å². The first-order chi connectivity index (χ1) is 16.0. The van der Waals surface area contributed by atoms with Gasteiger partial charge in [-0.1, -0.05) is 17.7 Å². The van der Waals surface area contributed by atoms with Crippen LogP contribution in [0.3, 0.4) is 0 Å². The van der Waals surface area contributed by atoms with Crippen LogP contribution in [0.5, 0.6) is 11.5 Å². The summed E-state index contributed by atoms with van der Waals surface area (Å²) in [6, 6.07) is 14.5. The van der Waals surface area contributed by atoms with Gasteiger partial charge in [-0.2, -0.15) is 0 Å². The summed E-state index contributed by atoms with van der Waals surface area (Å²) < 4.78 is 10.9. The number of aryl methyl sites for hydroxylation is 1. The molecule has 0 saturated carbocycles. The molecular weight excluding hydrogens is 458 g/mol. The summed E-state index contributed by atoms with van der Waals surface area (Å²) >= 11 is 3.04. The van der Waals surface area contributed by atoms with Gasteiger partial charge >= 0.3 is 0 Å². The lowest BCUT2D eigenvalue weighted by molar-refractivity contribution is -0.135. The molecule has 0 spiro atoms. The number of nitrogens with zero attached hydrogens (tertiary/aromatic N) is 2. The number of nitrogens with one attached hydrogen (secondary N) is 1. The molecule has 9 heteroatoms. The minimum Gasteiger partial charge on any atom is -0.497 e. The Labute approximate surface area is 201 Å². The minimum absolute atomic E-state index is 0.105. The molecule has 1 aliphatic rings. The maximum Gasteiger partial charge on any atom is 0.248 e. The number of hydrogen-bond donors (Lipinski definition) is 1. The van der Waals surface area contributed by atoms with Crippen LogP contribution in [0, 0.1) is 6.92 Å². The largest absolute Gasteiger partial charge is 0.497 e. The summed E-state index contributed by atoms with van der Waals surface area (Å²) in [5.74, 6) is 2.27. The van der Waals surface area contributed by atoms with Crippen LogP contribution in [-0.4, -0.2) is 46.5 Å². The summed E-state index contributed by atoms with van der Waals surface area (Å²) in [7, 11) is 1.59. The van der Waals surface area contributed by atoms with Gasteiger partial charge in [0.25, 0.3) is 0 Å². The third-order valence-electron chi connectivity index (χ3n) is 5.18. The van der Waals surface area contributed by atoms with Crippen molar-refractivity contribution >= 4 is 40.6 Å². The van der Waals surface area contributed by atoms with Gasteiger partial charge in [-0.05, 0) is 43.3 Å². The van der Waals surface area contributed by atoms with E-state index in [4.69, 9.17) is 9.47 Å². The predicted molar refractivity (Wildman–Crippen MR) is 131 cm³/mol. The third-order valence-corrected chi connectivity index (χ3v) is 7.06. The highest BCUT2D eigenvalue weighted by atomic mass is 32.2. The fraction of sp³-hybridized carbons (Fsp3) is 0.292. The number of rotatable bonds is 8. The van der Waals surface area contributed by atoms with Gasteiger partial charge in [0.15, 0.2) is 0 Å². The molecule has 172 valence electrons. The molecule has 1 atom stereocenters. The van der Waals surface area contributed by atoms with Crippen molar-refractivity contribution in [1.29, 1.82) is 0 Å². The Morgan fingerprint density at radius 3 is 2.58 bits per heavy atom. The number of hydrogen-bond acceptors (Lipinski definition) is 7. The molecule has 1 N–H and O–H groups in total. The Morgan fingerprint density at radius 1 is 1.12 bits per heavy atom. The number of carbonyl (C=O) groups excluding carboxylic acids is 2. The zero-order valence-corrected chi connectivity index (χ0v) is 20.1. The zero-order valence-electron chi connectivity index (χ0n) is 18.4. The van der Waals surface area contributed by atoms with Crippen molar-refractivity contribution in [3.05, 3.63) is 70.2 Å². The summed E-state index contributed by atoms with van der Waals surface area (Å²) in [5.41, 5.74) is 2.54. The van der Waals surface area contributed by atoms with E-state index in [1.54, 1.807) is 48.0 Å². The highest BCUT2D eigenvalue weighted by Crippen LogP contribution is 2.24. The molecule has 4 rings (SSSR count). The van der Waals surface area contributed by atoms with Gasteiger partial charge in [-0.25, -0.2) is 4.98 Å². The molecule has 1 aliphatic heterocycles. The first-order valence-electron chi connectivity index (χ1n) is 10.5. The van der Waals surface area contributed by atoms with Crippen molar-refractivity contribution < 1.29 is 19.1 Å². The Hall–Kier alpha value is -3.04. The van der Waals surface area contributed by atoms with E-state index in [-0.39, 0.29) is 18.2 Å². The van der Waals surface area contributed by atoms with Crippen LogP contribution in [0.15, 0.2) is 53.9 Å². The second-order valence-corrected chi connectivity index (χ2v) is 9.55. The van der Waals surface area contributed by atoms with Gasteiger partial charge in [-0.3, -0.25) is 9.59 Å². The number of benzene rings is 2. The van der Waals surface area contributed by atoms with Crippen molar-refractivity contribution in [2.24, 2.45) is 0 Å². The SMILES string of the molecule is COc1ccc(NC(=O)C2CSCN2C(=O)Cc2csc(COc3ccc(C)cc3)n2)cc1. The number of methoxy groups -OCH3 is 1. The Morgan fingerprint density at radius 2 is 1.85 bits per heavy atom. The van der Waals surface area contributed by atoms with Crippen LogP contribution < -0.4 is 14.8 Å². The minimum atomic E-state index is -0.507. The number of carbonyl (C=O) groups is 2. The Bertz CT molecular complexity index is 1100. The molecule has 7 nitrogen and oxygen atoms in total. The van der Waals surface area contributed by atoms with E-state index in [1.807, 2.05) is 36.6 Å². The van der Waals surface area contributed by atoms with Gasteiger partial charge in [0.2, 0.25) is 11.8 Å². The van der Waals surface area contributed by atoms with E-state index in [9.17, 15) is 9.59 Å². The van der Waals surface area contributed by atoms with Gasteiger partial charge in [0.1, 0.15) is 29.2 Å². The molecule has 1 saturated heterocycles. The number of aromatic nitrogens is 1. The molecule has 1 aromatic heterocycles. The molecule has 33 heavy (non-hydrogen) atoms. The van der Waals surface area contributed by atoms with E-state index in [0.717, 1.165) is 10.8 Å². The van der Waals surface area contributed by atoms with Crippen molar-refractivity contribution in [2.45, 2.75) is 26.0 Å². The fourth-order valence-electron chi connectivity index (χ4n) is 3.34. The number of thiazole rings is 1. The molecule has 2 heterocycles. The maximum atomic E-state index is 12.9. The second-order valence-electron chi connectivity index (χ2n) is 7.61. The molecule has 0 bridgehead atoms. The Kier molecular flexibility index (Phi) is 7.51. The summed E-state index contributed by atoms with van der Waals surface area (Å²) in [5, 5.41) is 5.58. The lowest BCUT2D eigenvalue weighted by Gasteiger charge is -2.23. The average molecular weight is 484 g/mol. The molecular formula is C24H25N3O4S2. The van der Waals surface area contributed by atoms with E-state index in [2.05, 4.69) is 10.3 Å². The highest BCUT2D eigenvalue weighted by Gasteiger charge is 2.34. The molecule has 1 unspecified atom stereocenters. The van der Waals surface area contributed by atoms with E-state index >= 15 is 0 Å². The average Bonchev–Trinajstić information content (AvgIpc) is 3.49. The molecule has 2 amide bonds. The molecule has 1 fully saturated rings. The van der Waals surface area contributed by atoms with Crippen LogP contribution in [0.25, 0.3) is 0 Å². The topological polar surface area (TPSA) is 80.8 Å². The number of anilines is 1. The standard InChI is InChI=1S/C24H25N3O4S2/c1-16-3-7-20(8-4-16)31-12-22-25-18(13-33-22)11-23(28)27-15-32-14-21(27)24(29)26-17-5-9-19(30-2)10-6-17/h3-10,13,21H,11-12,14-15H2,1-2H3,(H,26,29). The van der Waals surface area contributed by atoms with Gasteiger partial charge in [-0.15, -0.1) is 23.1 Å². The monoisotopic (exact) mass is 483 g/mol. The van der Waals surface area contributed by atoms with Crippen LogP contribution >= 0.6 is 23.1 Å².